The maximum atomic E-state index is 12.4. The number of rotatable bonds is 5. The third kappa shape index (κ3) is 3.23. The Morgan fingerprint density at radius 3 is 2.45 bits per heavy atom. The van der Waals surface area contributed by atoms with E-state index in [4.69, 9.17) is 4.52 Å². The average Bonchev–Trinajstić information content (AvgIpc) is 2.76. The first-order chi connectivity index (χ1) is 10.3. The van der Waals surface area contributed by atoms with E-state index >= 15 is 0 Å². The largest absolute Gasteiger partial charge is 0.361 e. The Morgan fingerprint density at radius 2 is 1.95 bits per heavy atom. The van der Waals surface area contributed by atoms with Crippen LogP contribution in [0.4, 0.5) is 0 Å². The molecule has 0 saturated heterocycles. The Bertz CT molecular complexity index is 757. The van der Waals surface area contributed by atoms with Gasteiger partial charge in [0.15, 0.2) is 0 Å². The van der Waals surface area contributed by atoms with Crippen molar-refractivity contribution < 1.29 is 12.9 Å². The lowest BCUT2D eigenvalue weighted by Crippen LogP contribution is -2.30. The Labute approximate surface area is 131 Å². The standard InChI is InChI=1S/C16H22N2O3S/c1-6-13-9-14(16-11(4)17-21-12(16)5)7-8-15(13)22(19,20)18-10(2)3/h7-10,18H,6H2,1-5H3. The maximum absolute atomic E-state index is 12.4. The van der Waals surface area contributed by atoms with Crippen molar-refractivity contribution in [2.75, 3.05) is 0 Å². The van der Waals surface area contributed by atoms with E-state index in [-0.39, 0.29) is 6.04 Å². The van der Waals surface area contributed by atoms with E-state index in [1.807, 2.05) is 26.8 Å². The van der Waals surface area contributed by atoms with E-state index in [1.165, 1.54) is 0 Å². The molecule has 0 fully saturated rings. The first kappa shape index (κ1) is 16.7. The fourth-order valence-electron chi connectivity index (χ4n) is 2.54. The van der Waals surface area contributed by atoms with E-state index in [0.717, 1.165) is 28.1 Å². The van der Waals surface area contributed by atoms with Crippen molar-refractivity contribution in [1.82, 2.24) is 9.88 Å². The highest BCUT2D eigenvalue weighted by Gasteiger charge is 2.20. The maximum Gasteiger partial charge on any atom is 0.241 e. The molecule has 0 spiro atoms. The number of hydrogen-bond donors (Lipinski definition) is 1. The van der Waals surface area contributed by atoms with Gasteiger partial charge in [-0.25, -0.2) is 13.1 Å². The van der Waals surface area contributed by atoms with E-state index in [9.17, 15) is 8.42 Å². The smallest absolute Gasteiger partial charge is 0.241 e. The zero-order valence-corrected chi connectivity index (χ0v) is 14.4. The lowest BCUT2D eigenvalue weighted by atomic mass is 10.0. The lowest BCUT2D eigenvalue weighted by Gasteiger charge is -2.14. The fourth-order valence-corrected chi connectivity index (χ4v) is 4.09. The summed E-state index contributed by atoms with van der Waals surface area (Å²) in [6.45, 7) is 9.29. The quantitative estimate of drug-likeness (QED) is 0.917. The highest BCUT2D eigenvalue weighted by molar-refractivity contribution is 7.89. The van der Waals surface area contributed by atoms with Crippen LogP contribution in [0, 0.1) is 13.8 Å². The van der Waals surface area contributed by atoms with E-state index < -0.39 is 10.0 Å². The highest BCUT2D eigenvalue weighted by Crippen LogP contribution is 2.30. The van der Waals surface area contributed by atoms with Gasteiger partial charge >= 0.3 is 0 Å². The molecule has 1 N–H and O–H groups in total. The van der Waals surface area contributed by atoms with Gasteiger partial charge in [0.05, 0.1) is 10.6 Å². The van der Waals surface area contributed by atoms with Crippen LogP contribution in [0.3, 0.4) is 0 Å². The van der Waals surface area contributed by atoms with Gasteiger partial charge in [-0.1, -0.05) is 18.1 Å². The van der Waals surface area contributed by atoms with E-state index in [2.05, 4.69) is 9.88 Å². The van der Waals surface area contributed by atoms with Crippen molar-refractivity contribution in [3.63, 3.8) is 0 Å². The van der Waals surface area contributed by atoms with Gasteiger partial charge in [-0.3, -0.25) is 0 Å². The van der Waals surface area contributed by atoms with Gasteiger partial charge < -0.3 is 4.52 Å². The molecule has 0 aliphatic heterocycles. The van der Waals surface area contributed by atoms with Gasteiger partial charge in [-0.15, -0.1) is 0 Å². The van der Waals surface area contributed by atoms with Crippen LogP contribution in [0.1, 0.15) is 37.8 Å². The summed E-state index contributed by atoms with van der Waals surface area (Å²) in [5.74, 6) is 0.732. The molecule has 0 aliphatic rings. The molecule has 0 bridgehead atoms. The summed E-state index contributed by atoms with van der Waals surface area (Å²) in [4.78, 5) is 0.333. The SMILES string of the molecule is CCc1cc(-c2c(C)noc2C)ccc1S(=O)(=O)NC(C)C. The first-order valence-corrected chi connectivity index (χ1v) is 8.83. The predicted octanol–water partition coefficient (Wildman–Crippen LogP) is 3.21. The monoisotopic (exact) mass is 322 g/mol. The number of sulfonamides is 1. The van der Waals surface area contributed by atoms with Crippen LogP contribution in [0.15, 0.2) is 27.6 Å². The van der Waals surface area contributed by atoms with Crippen molar-refractivity contribution in [1.29, 1.82) is 0 Å². The Kier molecular flexibility index (Phi) is 4.72. The molecule has 0 atom stereocenters. The molecule has 0 unspecified atom stereocenters. The summed E-state index contributed by atoms with van der Waals surface area (Å²) in [6, 6.07) is 5.23. The van der Waals surface area contributed by atoms with Crippen molar-refractivity contribution in [2.45, 2.75) is 52.0 Å². The molecule has 2 rings (SSSR count). The molecule has 5 nitrogen and oxygen atoms in total. The molecule has 0 saturated carbocycles. The Morgan fingerprint density at radius 1 is 1.27 bits per heavy atom. The van der Waals surface area contributed by atoms with E-state index in [0.29, 0.717) is 11.3 Å². The van der Waals surface area contributed by atoms with Crippen molar-refractivity contribution in [2.24, 2.45) is 0 Å². The second-order valence-corrected chi connectivity index (χ2v) is 7.33. The fraction of sp³-hybridized carbons (Fsp3) is 0.438. The van der Waals surface area contributed by atoms with Crippen LogP contribution in [0.2, 0.25) is 0 Å². The molecular weight excluding hydrogens is 300 g/mol. The number of benzene rings is 1. The minimum absolute atomic E-state index is 0.142. The summed E-state index contributed by atoms with van der Waals surface area (Å²) in [5, 5.41) is 3.95. The molecule has 1 aromatic carbocycles. The lowest BCUT2D eigenvalue weighted by molar-refractivity contribution is 0.393. The molecule has 2 aromatic rings. The second-order valence-electron chi connectivity index (χ2n) is 5.65. The molecule has 1 aromatic heterocycles. The van der Waals surface area contributed by atoms with Crippen molar-refractivity contribution in [3.05, 3.63) is 35.2 Å². The molecule has 0 aliphatic carbocycles. The second kappa shape index (κ2) is 6.22. The van der Waals surface area contributed by atoms with Crippen LogP contribution in [-0.2, 0) is 16.4 Å². The van der Waals surface area contributed by atoms with E-state index in [1.54, 1.807) is 26.0 Å². The number of hydrogen-bond acceptors (Lipinski definition) is 4. The highest BCUT2D eigenvalue weighted by atomic mass is 32.2. The Balaban J connectivity index is 2.54. The number of nitrogens with one attached hydrogen (secondary N) is 1. The number of aromatic nitrogens is 1. The van der Waals surface area contributed by atoms with Crippen LogP contribution in [0.5, 0.6) is 0 Å². The minimum atomic E-state index is -3.50. The summed E-state index contributed by atoms with van der Waals surface area (Å²) in [5.41, 5.74) is 3.44. The zero-order chi connectivity index (χ0) is 16.5. The zero-order valence-electron chi connectivity index (χ0n) is 13.6. The third-order valence-corrected chi connectivity index (χ3v) is 5.20. The van der Waals surface area contributed by atoms with Crippen LogP contribution >= 0.6 is 0 Å². The summed E-state index contributed by atoms with van der Waals surface area (Å²) in [7, 11) is -3.50. The van der Waals surface area contributed by atoms with Gasteiger partial charge in [-0.05, 0) is 57.4 Å². The summed E-state index contributed by atoms with van der Waals surface area (Å²) < 4.78 is 32.6. The van der Waals surface area contributed by atoms with Crippen LogP contribution in [0.25, 0.3) is 11.1 Å². The molecule has 1 heterocycles. The normalized spacial score (nSPS) is 12.1. The van der Waals surface area contributed by atoms with Gasteiger partial charge in [0.25, 0.3) is 0 Å². The summed E-state index contributed by atoms with van der Waals surface area (Å²) in [6.07, 6.45) is 0.631. The first-order valence-electron chi connectivity index (χ1n) is 7.34. The van der Waals surface area contributed by atoms with Crippen LogP contribution in [-0.4, -0.2) is 19.6 Å². The Hall–Kier alpha value is -1.66. The number of nitrogens with zero attached hydrogens (tertiary/aromatic N) is 1. The molecular formula is C16H22N2O3S. The molecule has 120 valence electrons. The molecule has 0 amide bonds. The third-order valence-electron chi connectivity index (χ3n) is 3.44. The average molecular weight is 322 g/mol. The number of aryl methyl sites for hydroxylation is 3. The minimum Gasteiger partial charge on any atom is -0.361 e. The molecule has 22 heavy (non-hydrogen) atoms. The van der Waals surface area contributed by atoms with Gasteiger partial charge in [0.1, 0.15) is 5.76 Å². The predicted molar refractivity (Wildman–Crippen MR) is 86.2 cm³/mol. The topological polar surface area (TPSA) is 72.2 Å². The van der Waals surface area contributed by atoms with Gasteiger partial charge in [0, 0.05) is 11.6 Å². The van der Waals surface area contributed by atoms with Crippen molar-refractivity contribution >= 4 is 10.0 Å². The van der Waals surface area contributed by atoms with Crippen molar-refractivity contribution in [3.8, 4) is 11.1 Å². The van der Waals surface area contributed by atoms with Gasteiger partial charge in [-0.2, -0.15) is 0 Å². The molecule has 6 heteroatoms. The van der Waals surface area contributed by atoms with Gasteiger partial charge in [0.2, 0.25) is 10.0 Å². The molecule has 0 radical (unpaired) electrons. The summed E-state index contributed by atoms with van der Waals surface area (Å²) >= 11 is 0. The van der Waals surface area contributed by atoms with Crippen LogP contribution < -0.4 is 4.72 Å².